The Kier molecular flexibility index (Phi) is 4.62. The number of fused-ring (bicyclic) bond motifs is 4. The Hall–Kier alpha value is -2.33. The largest absolute Gasteiger partial charge is 0.268 e. The third-order valence-electron chi connectivity index (χ3n) is 6.67. The third-order valence-corrected chi connectivity index (χ3v) is 7.31. The van der Waals surface area contributed by atoms with Crippen molar-refractivity contribution < 1.29 is 0 Å². The summed E-state index contributed by atoms with van der Waals surface area (Å²) in [4.78, 5) is 19.2. The molecule has 0 unspecified atom stereocenters. The summed E-state index contributed by atoms with van der Waals surface area (Å²) in [5.74, 6) is 0. The summed E-state index contributed by atoms with van der Waals surface area (Å²) in [6.45, 7) is 2.07. The maximum absolute atomic E-state index is 14.1. The van der Waals surface area contributed by atoms with E-state index in [2.05, 4.69) is 43.3 Å². The van der Waals surface area contributed by atoms with Gasteiger partial charge in [0, 0.05) is 11.0 Å². The van der Waals surface area contributed by atoms with Gasteiger partial charge in [-0.2, -0.15) is 0 Å². The van der Waals surface area contributed by atoms with Crippen molar-refractivity contribution in [3.8, 4) is 16.9 Å². The number of hydrogen-bond donors (Lipinski definition) is 0. The number of hydrogen-bond acceptors (Lipinski definition) is 3. The van der Waals surface area contributed by atoms with E-state index >= 15 is 0 Å². The summed E-state index contributed by atoms with van der Waals surface area (Å²) in [5, 5.41) is 0.764. The lowest BCUT2D eigenvalue weighted by atomic mass is 9.62. The van der Waals surface area contributed by atoms with Crippen molar-refractivity contribution in [2.24, 2.45) is 0 Å². The van der Waals surface area contributed by atoms with Crippen LogP contribution in [0.2, 0.25) is 0 Å². The molecule has 2 aliphatic carbocycles. The third kappa shape index (κ3) is 2.96. The lowest BCUT2D eigenvalue weighted by Crippen LogP contribution is -2.42. The predicted molar refractivity (Wildman–Crippen MR) is 120 cm³/mol. The molecule has 2 aliphatic rings. The molecule has 0 radical (unpaired) electrons. The Bertz CT molecular complexity index is 1120. The van der Waals surface area contributed by atoms with Crippen LogP contribution in [0.15, 0.2) is 58.5 Å². The smallest absolute Gasteiger partial charge is 0.263 e. The Balaban J connectivity index is 1.84. The summed E-state index contributed by atoms with van der Waals surface area (Å²) >= 11 is 1.54. The molecule has 1 saturated carbocycles. The van der Waals surface area contributed by atoms with E-state index in [1.54, 1.807) is 11.8 Å². The van der Waals surface area contributed by atoms with Gasteiger partial charge in [0.05, 0.1) is 16.9 Å². The molecular weight excluding hydrogens is 376 g/mol. The van der Waals surface area contributed by atoms with E-state index in [0.29, 0.717) is 0 Å². The van der Waals surface area contributed by atoms with Gasteiger partial charge in [0.1, 0.15) is 0 Å². The van der Waals surface area contributed by atoms with Gasteiger partial charge in [-0.15, -0.1) is 0 Å². The van der Waals surface area contributed by atoms with Crippen molar-refractivity contribution in [2.45, 2.75) is 56.0 Å². The van der Waals surface area contributed by atoms with Crippen LogP contribution in [0.25, 0.3) is 16.9 Å². The molecule has 0 N–H and O–H groups in total. The maximum atomic E-state index is 14.1. The predicted octanol–water partition coefficient (Wildman–Crippen LogP) is 5.69. The number of rotatable bonds is 2. The number of thioether (sulfide) groups is 1. The van der Waals surface area contributed by atoms with E-state index in [1.165, 1.54) is 30.4 Å². The highest BCUT2D eigenvalue weighted by Crippen LogP contribution is 2.48. The van der Waals surface area contributed by atoms with Gasteiger partial charge < -0.3 is 0 Å². The molecule has 0 saturated heterocycles. The molecule has 5 rings (SSSR count). The quantitative estimate of drug-likeness (QED) is 0.408. The molecule has 2 aromatic carbocycles. The minimum atomic E-state index is -0.0740. The molecular formula is C25H26N2OS. The van der Waals surface area contributed by atoms with Crippen LogP contribution in [0, 0.1) is 6.92 Å². The Morgan fingerprint density at radius 3 is 2.45 bits per heavy atom. The van der Waals surface area contributed by atoms with E-state index < -0.39 is 0 Å². The van der Waals surface area contributed by atoms with Gasteiger partial charge in [-0.25, -0.2) is 4.98 Å². The van der Waals surface area contributed by atoms with Crippen molar-refractivity contribution in [1.82, 2.24) is 9.55 Å². The average Bonchev–Trinajstić information content (AvgIpc) is 2.75. The fourth-order valence-corrected chi connectivity index (χ4v) is 5.80. The highest BCUT2D eigenvalue weighted by atomic mass is 32.2. The van der Waals surface area contributed by atoms with Crippen LogP contribution in [0.5, 0.6) is 0 Å². The van der Waals surface area contributed by atoms with Gasteiger partial charge >= 0.3 is 0 Å². The Labute approximate surface area is 176 Å². The van der Waals surface area contributed by atoms with Gasteiger partial charge in [0.15, 0.2) is 5.16 Å². The zero-order valence-corrected chi connectivity index (χ0v) is 17.9. The van der Waals surface area contributed by atoms with Crippen LogP contribution >= 0.6 is 11.8 Å². The second-order valence-electron chi connectivity index (χ2n) is 8.47. The molecule has 4 heteroatoms. The normalized spacial score (nSPS) is 17.0. The van der Waals surface area contributed by atoms with Gasteiger partial charge in [-0.3, -0.25) is 9.36 Å². The van der Waals surface area contributed by atoms with Crippen LogP contribution in [-0.2, 0) is 11.8 Å². The number of benzene rings is 2. The first kappa shape index (κ1) is 18.7. The molecule has 1 heterocycles. The Morgan fingerprint density at radius 2 is 1.72 bits per heavy atom. The summed E-state index contributed by atoms with van der Waals surface area (Å²) in [7, 11) is 0. The molecule has 0 bridgehead atoms. The number of nitrogens with zero attached hydrogens (tertiary/aromatic N) is 2. The minimum absolute atomic E-state index is 0.0740. The molecule has 29 heavy (non-hydrogen) atoms. The van der Waals surface area contributed by atoms with Crippen molar-refractivity contribution in [3.63, 3.8) is 0 Å². The summed E-state index contributed by atoms with van der Waals surface area (Å²) in [5.41, 5.74) is 6.51. The van der Waals surface area contributed by atoms with Gasteiger partial charge in [-0.1, -0.05) is 73.0 Å². The molecule has 148 valence electrons. The van der Waals surface area contributed by atoms with Crippen molar-refractivity contribution >= 4 is 11.8 Å². The van der Waals surface area contributed by atoms with E-state index in [4.69, 9.17) is 4.98 Å². The fourth-order valence-electron chi connectivity index (χ4n) is 5.25. The number of aromatic nitrogens is 2. The summed E-state index contributed by atoms with van der Waals surface area (Å²) in [6.07, 6.45) is 8.77. The molecule has 0 aliphatic heterocycles. The van der Waals surface area contributed by atoms with Crippen LogP contribution in [-0.4, -0.2) is 15.8 Å². The van der Waals surface area contributed by atoms with E-state index in [9.17, 15) is 4.79 Å². The second-order valence-corrected chi connectivity index (χ2v) is 9.25. The lowest BCUT2D eigenvalue weighted by molar-refractivity contribution is 0.283. The van der Waals surface area contributed by atoms with Gasteiger partial charge in [0.25, 0.3) is 5.56 Å². The maximum Gasteiger partial charge on any atom is 0.263 e. The highest BCUT2D eigenvalue weighted by Gasteiger charge is 2.43. The van der Waals surface area contributed by atoms with Crippen LogP contribution in [0.4, 0.5) is 0 Å². The van der Waals surface area contributed by atoms with Gasteiger partial charge in [0.2, 0.25) is 0 Å². The monoisotopic (exact) mass is 402 g/mol. The molecule has 3 aromatic rings. The second kappa shape index (κ2) is 7.17. The van der Waals surface area contributed by atoms with Crippen LogP contribution in [0.1, 0.15) is 48.8 Å². The van der Waals surface area contributed by atoms with Crippen LogP contribution in [0.3, 0.4) is 0 Å². The zero-order valence-electron chi connectivity index (χ0n) is 17.1. The van der Waals surface area contributed by atoms with E-state index in [0.717, 1.165) is 46.9 Å². The number of aryl methyl sites for hydroxylation is 1. The van der Waals surface area contributed by atoms with Crippen molar-refractivity contribution in [3.05, 3.63) is 75.6 Å². The summed E-state index contributed by atoms with van der Waals surface area (Å²) < 4.78 is 1.84. The molecule has 0 amide bonds. The van der Waals surface area contributed by atoms with E-state index in [-0.39, 0.29) is 11.0 Å². The highest BCUT2D eigenvalue weighted by molar-refractivity contribution is 7.98. The lowest BCUT2D eigenvalue weighted by Gasteiger charge is -2.42. The van der Waals surface area contributed by atoms with Crippen molar-refractivity contribution in [1.29, 1.82) is 0 Å². The topological polar surface area (TPSA) is 34.9 Å². The fraction of sp³-hybridized carbons (Fsp3) is 0.360. The van der Waals surface area contributed by atoms with E-state index in [1.807, 2.05) is 23.0 Å². The molecule has 1 spiro atoms. The average molecular weight is 403 g/mol. The molecule has 0 atom stereocenters. The molecule has 1 fully saturated rings. The first-order chi connectivity index (χ1) is 14.1. The van der Waals surface area contributed by atoms with Gasteiger partial charge in [-0.05, 0) is 50.1 Å². The van der Waals surface area contributed by atoms with Crippen molar-refractivity contribution in [2.75, 3.05) is 6.26 Å². The molecule has 3 nitrogen and oxygen atoms in total. The SMILES string of the molecule is CSc1nc2c(c(=O)n1-c1ccc(C)cc1)C1(CCCCC1)Cc1ccccc1-2. The first-order valence-electron chi connectivity index (χ1n) is 10.5. The molecule has 1 aromatic heterocycles. The standard InChI is InChI=1S/C25H26N2OS/c1-17-10-12-19(13-11-17)27-23(28)21-22(26-24(27)29-2)20-9-5-4-8-18(20)16-25(21)14-6-3-7-15-25/h4-5,8-13H,3,6-7,14-16H2,1-2H3. The van der Waals surface area contributed by atoms with Crippen LogP contribution < -0.4 is 5.56 Å². The zero-order chi connectivity index (χ0) is 20.0. The first-order valence-corrected chi connectivity index (χ1v) is 11.7. The minimum Gasteiger partial charge on any atom is -0.268 e. The Morgan fingerprint density at radius 1 is 1.00 bits per heavy atom. The summed E-state index contributed by atoms with van der Waals surface area (Å²) in [6, 6.07) is 16.7.